The maximum Gasteiger partial charge on any atom is 0.416 e. The fourth-order valence-corrected chi connectivity index (χ4v) is 1.45. The quantitative estimate of drug-likeness (QED) is 0.577. The number of halogens is 3. The van der Waals surface area contributed by atoms with Gasteiger partial charge >= 0.3 is 18.2 Å². The number of carbonyl (C=O) groups is 2. The molecule has 0 aliphatic carbocycles. The molecular weight excluding hydrogens is 289 g/mol. The van der Waals surface area contributed by atoms with Crippen molar-refractivity contribution in [2.24, 2.45) is 0 Å². The van der Waals surface area contributed by atoms with Crippen molar-refractivity contribution in [2.45, 2.75) is 12.6 Å². The molecule has 0 fully saturated rings. The second kappa shape index (κ2) is 6.78. The summed E-state index contributed by atoms with van der Waals surface area (Å²) in [5.74, 6) is -1.52. The van der Waals surface area contributed by atoms with E-state index in [9.17, 15) is 22.8 Å². The summed E-state index contributed by atoms with van der Waals surface area (Å²) in [6.45, 7) is 3.71. The van der Waals surface area contributed by atoms with Crippen LogP contribution < -0.4 is 10.6 Å². The molecule has 0 atom stereocenters. The predicted molar refractivity (Wildman–Crippen MR) is 70.2 cm³/mol. The summed E-state index contributed by atoms with van der Waals surface area (Å²) in [5, 5.41) is 13.4. The van der Waals surface area contributed by atoms with Crippen LogP contribution in [0.4, 0.5) is 23.7 Å². The van der Waals surface area contributed by atoms with Crippen molar-refractivity contribution >= 4 is 17.7 Å². The average Bonchev–Trinajstić information content (AvgIpc) is 2.37. The van der Waals surface area contributed by atoms with Crippen molar-refractivity contribution in [3.63, 3.8) is 0 Å². The molecule has 114 valence electrons. The molecule has 1 rings (SSSR count). The number of anilines is 1. The van der Waals surface area contributed by atoms with E-state index in [0.717, 1.165) is 6.07 Å². The SMILES string of the molecule is C=CCCNC(=O)Nc1cc(C(=O)O)cc(C(F)(F)F)c1. The van der Waals surface area contributed by atoms with Crippen LogP contribution in [0.5, 0.6) is 0 Å². The van der Waals surface area contributed by atoms with E-state index in [0.29, 0.717) is 18.6 Å². The van der Waals surface area contributed by atoms with Gasteiger partial charge in [0.2, 0.25) is 0 Å². The summed E-state index contributed by atoms with van der Waals surface area (Å²) in [4.78, 5) is 22.3. The zero-order chi connectivity index (χ0) is 16.0. The first kappa shape index (κ1) is 16.5. The Hall–Kier alpha value is -2.51. The highest BCUT2D eigenvalue weighted by molar-refractivity contribution is 5.93. The summed E-state index contributed by atoms with van der Waals surface area (Å²) in [6, 6.07) is 1.39. The molecule has 1 aromatic carbocycles. The fourth-order valence-electron chi connectivity index (χ4n) is 1.45. The maximum atomic E-state index is 12.7. The number of hydrogen-bond acceptors (Lipinski definition) is 2. The molecule has 0 spiro atoms. The Morgan fingerprint density at radius 2 is 1.95 bits per heavy atom. The second-order valence-corrected chi connectivity index (χ2v) is 4.06. The van der Waals surface area contributed by atoms with Crippen molar-refractivity contribution in [2.75, 3.05) is 11.9 Å². The smallest absolute Gasteiger partial charge is 0.416 e. The lowest BCUT2D eigenvalue weighted by Gasteiger charge is -2.12. The molecule has 0 unspecified atom stereocenters. The molecule has 0 radical (unpaired) electrons. The van der Waals surface area contributed by atoms with Crippen LogP contribution in [0.3, 0.4) is 0 Å². The highest BCUT2D eigenvalue weighted by Crippen LogP contribution is 2.32. The summed E-state index contributed by atoms with van der Waals surface area (Å²) in [7, 11) is 0. The molecule has 3 N–H and O–H groups in total. The Bertz CT molecular complexity index is 556. The van der Waals surface area contributed by atoms with Gasteiger partial charge in [-0.3, -0.25) is 0 Å². The van der Waals surface area contributed by atoms with Gasteiger partial charge in [0, 0.05) is 12.2 Å². The third kappa shape index (κ3) is 5.17. The molecule has 5 nitrogen and oxygen atoms in total. The van der Waals surface area contributed by atoms with Crippen LogP contribution in [0.1, 0.15) is 22.3 Å². The van der Waals surface area contributed by atoms with Crippen LogP contribution in [0.25, 0.3) is 0 Å². The van der Waals surface area contributed by atoms with Gasteiger partial charge in [0.05, 0.1) is 11.1 Å². The van der Waals surface area contributed by atoms with Gasteiger partial charge in [-0.2, -0.15) is 13.2 Å². The van der Waals surface area contributed by atoms with Crippen molar-refractivity contribution in [3.05, 3.63) is 42.0 Å². The minimum atomic E-state index is -4.71. The first-order valence-corrected chi connectivity index (χ1v) is 5.85. The number of urea groups is 1. The molecule has 8 heteroatoms. The number of rotatable bonds is 5. The molecule has 0 saturated heterocycles. The van der Waals surface area contributed by atoms with Crippen LogP contribution in [-0.2, 0) is 6.18 Å². The van der Waals surface area contributed by atoms with Crippen LogP contribution >= 0.6 is 0 Å². The van der Waals surface area contributed by atoms with Gasteiger partial charge in [0.25, 0.3) is 0 Å². The van der Waals surface area contributed by atoms with E-state index in [1.807, 2.05) is 0 Å². The Morgan fingerprint density at radius 3 is 2.48 bits per heavy atom. The third-order valence-corrected chi connectivity index (χ3v) is 2.40. The first-order valence-electron chi connectivity index (χ1n) is 5.85. The zero-order valence-corrected chi connectivity index (χ0v) is 10.8. The number of alkyl halides is 3. The number of amides is 2. The number of carbonyl (C=O) groups excluding carboxylic acids is 1. The highest BCUT2D eigenvalue weighted by Gasteiger charge is 2.32. The summed E-state index contributed by atoms with van der Waals surface area (Å²) < 4.78 is 38.0. The number of benzene rings is 1. The molecule has 0 aliphatic heterocycles. The van der Waals surface area contributed by atoms with E-state index in [4.69, 9.17) is 5.11 Å². The topological polar surface area (TPSA) is 78.4 Å². The number of carboxylic acids is 1. The minimum absolute atomic E-state index is 0.252. The highest BCUT2D eigenvalue weighted by atomic mass is 19.4. The molecule has 0 heterocycles. The largest absolute Gasteiger partial charge is 0.478 e. The summed E-state index contributed by atoms with van der Waals surface area (Å²) in [5.41, 5.74) is -1.96. The molecule has 21 heavy (non-hydrogen) atoms. The third-order valence-electron chi connectivity index (χ3n) is 2.40. The van der Waals surface area contributed by atoms with E-state index in [2.05, 4.69) is 17.2 Å². The van der Waals surface area contributed by atoms with Crippen molar-refractivity contribution in [1.29, 1.82) is 0 Å². The van der Waals surface area contributed by atoms with Gasteiger partial charge in [-0.15, -0.1) is 6.58 Å². The van der Waals surface area contributed by atoms with Crippen molar-refractivity contribution in [1.82, 2.24) is 5.32 Å². The lowest BCUT2D eigenvalue weighted by molar-refractivity contribution is -0.137. The number of hydrogen-bond donors (Lipinski definition) is 3. The van der Waals surface area contributed by atoms with Crippen LogP contribution in [0.15, 0.2) is 30.9 Å². The predicted octanol–water partition coefficient (Wildman–Crippen LogP) is 3.10. The molecule has 1 aromatic rings. The Labute approximate surface area is 118 Å². The van der Waals surface area contributed by atoms with Gasteiger partial charge < -0.3 is 15.7 Å². The standard InChI is InChI=1S/C13H13F3N2O3/c1-2-3-4-17-12(21)18-10-6-8(11(19)20)5-9(7-10)13(14,15)16/h2,5-7H,1,3-4H2,(H,19,20)(H2,17,18,21). The van der Waals surface area contributed by atoms with E-state index in [1.54, 1.807) is 6.08 Å². The van der Waals surface area contributed by atoms with Crippen LogP contribution in [0.2, 0.25) is 0 Å². The molecule has 0 aliphatic rings. The zero-order valence-electron chi connectivity index (χ0n) is 10.8. The van der Waals surface area contributed by atoms with Crippen LogP contribution in [-0.4, -0.2) is 23.7 Å². The van der Waals surface area contributed by atoms with Gasteiger partial charge in [-0.05, 0) is 24.6 Å². The van der Waals surface area contributed by atoms with E-state index < -0.39 is 29.3 Å². The first-order chi connectivity index (χ1) is 9.74. The van der Waals surface area contributed by atoms with E-state index >= 15 is 0 Å². The lowest BCUT2D eigenvalue weighted by Crippen LogP contribution is -2.29. The summed E-state index contributed by atoms with van der Waals surface area (Å²) >= 11 is 0. The maximum absolute atomic E-state index is 12.7. The van der Waals surface area contributed by atoms with Crippen molar-refractivity contribution < 1.29 is 27.9 Å². The molecule has 2 amide bonds. The number of carboxylic acid groups (broad SMARTS) is 1. The van der Waals surface area contributed by atoms with Gasteiger partial charge in [-0.25, -0.2) is 9.59 Å². The van der Waals surface area contributed by atoms with Gasteiger partial charge in [0.15, 0.2) is 0 Å². The second-order valence-electron chi connectivity index (χ2n) is 4.06. The Balaban J connectivity index is 2.95. The lowest BCUT2D eigenvalue weighted by atomic mass is 10.1. The van der Waals surface area contributed by atoms with Gasteiger partial charge in [0.1, 0.15) is 0 Å². The van der Waals surface area contributed by atoms with Crippen LogP contribution in [0, 0.1) is 0 Å². The summed E-state index contributed by atoms with van der Waals surface area (Å²) in [6.07, 6.45) is -2.65. The molecule has 0 aromatic heterocycles. The van der Waals surface area contributed by atoms with Crippen molar-refractivity contribution in [3.8, 4) is 0 Å². The van der Waals surface area contributed by atoms with E-state index in [-0.39, 0.29) is 12.2 Å². The average molecular weight is 302 g/mol. The molecular formula is C13H13F3N2O3. The molecule has 0 bridgehead atoms. The molecule has 0 saturated carbocycles. The monoisotopic (exact) mass is 302 g/mol. The fraction of sp³-hybridized carbons (Fsp3) is 0.231. The Kier molecular flexibility index (Phi) is 5.34. The Morgan fingerprint density at radius 1 is 1.29 bits per heavy atom. The number of aromatic carboxylic acids is 1. The number of nitrogens with one attached hydrogen (secondary N) is 2. The normalized spacial score (nSPS) is 10.8. The van der Waals surface area contributed by atoms with Gasteiger partial charge in [-0.1, -0.05) is 6.08 Å². The van der Waals surface area contributed by atoms with E-state index in [1.165, 1.54) is 0 Å². The minimum Gasteiger partial charge on any atom is -0.478 e.